The fourth-order valence-corrected chi connectivity index (χ4v) is 1.72. The van der Waals surface area contributed by atoms with Crippen molar-refractivity contribution >= 4 is 0 Å². The van der Waals surface area contributed by atoms with Gasteiger partial charge in [-0.3, -0.25) is 0 Å². The van der Waals surface area contributed by atoms with Crippen LogP contribution in [0.15, 0.2) is 36.8 Å². The van der Waals surface area contributed by atoms with E-state index in [9.17, 15) is 0 Å². The normalized spacial score (nSPS) is 12.1. The van der Waals surface area contributed by atoms with Crippen LogP contribution in [0.4, 0.5) is 0 Å². The average Bonchev–Trinajstić information content (AvgIpc) is 2.78. The zero-order valence-corrected chi connectivity index (χ0v) is 9.67. The van der Waals surface area contributed by atoms with Crippen LogP contribution in [-0.2, 0) is 6.54 Å². The molecule has 2 aromatic rings. The third-order valence-electron chi connectivity index (χ3n) is 2.65. The van der Waals surface area contributed by atoms with E-state index in [-0.39, 0.29) is 6.04 Å². The highest BCUT2D eigenvalue weighted by atomic mass is 15.1. The first-order valence-electron chi connectivity index (χ1n) is 5.45. The van der Waals surface area contributed by atoms with E-state index in [1.165, 1.54) is 0 Å². The Hall–Kier alpha value is -2.12. The summed E-state index contributed by atoms with van der Waals surface area (Å²) in [6, 6.07) is 9.60. The Balaban J connectivity index is 2.20. The SMILES string of the molecule is CC(N)c1cncn1Cc1ccc(C#N)cc1. The molecule has 0 bridgehead atoms. The van der Waals surface area contributed by atoms with Crippen molar-refractivity contribution in [3.05, 3.63) is 53.6 Å². The Bertz CT molecular complexity index is 531. The van der Waals surface area contributed by atoms with Crippen molar-refractivity contribution < 1.29 is 0 Å². The molecule has 2 rings (SSSR count). The summed E-state index contributed by atoms with van der Waals surface area (Å²) in [6.07, 6.45) is 3.56. The van der Waals surface area contributed by atoms with Crippen LogP contribution in [0.1, 0.15) is 29.8 Å². The second kappa shape index (κ2) is 4.81. The van der Waals surface area contributed by atoms with Crippen molar-refractivity contribution in [1.29, 1.82) is 5.26 Å². The Kier molecular flexibility index (Phi) is 3.22. The molecule has 1 aromatic heterocycles. The second-order valence-electron chi connectivity index (χ2n) is 4.04. The number of hydrogen-bond donors (Lipinski definition) is 1. The van der Waals surface area contributed by atoms with Gasteiger partial charge in [0.05, 0.1) is 23.7 Å². The van der Waals surface area contributed by atoms with Crippen molar-refractivity contribution in [2.75, 3.05) is 0 Å². The van der Waals surface area contributed by atoms with Gasteiger partial charge in [-0.15, -0.1) is 0 Å². The number of aromatic nitrogens is 2. The molecule has 4 heteroatoms. The molecule has 17 heavy (non-hydrogen) atoms. The summed E-state index contributed by atoms with van der Waals surface area (Å²) in [7, 11) is 0. The van der Waals surface area contributed by atoms with E-state index in [4.69, 9.17) is 11.0 Å². The minimum Gasteiger partial charge on any atom is -0.329 e. The molecule has 86 valence electrons. The lowest BCUT2D eigenvalue weighted by Gasteiger charge is -2.10. The van der Waals surface area contributed by atoms with Gasteiger partial charge in [-0.05, 0) is 24.6 Å². The first kappa shape index (κ1) is 11.4. The minimum absolute atomic E-state index is 0.0316. The van der Waals surface area contributed by atoms with E-state index >= 15 is 0 Å². The lowest BCUT2D eigenvalue weighted by Crippen LogP contribution is -2.12. The van der Waals surface area contributed by atoms with Gasteiger partial charge < -0.3 is 10.3 Å². The van der Waals surface area contributed by atoms with Crippen LogP contribution in [0.3, 0.4) is 0 Å². The van der Waals surface area contributed by atoms with Crippen molar-refractivity contribution in [3.63, 3.8) is 0 Å². The number of nitrogens with two attached hydrogens (primary N) is 1. The summed E-state index contributed by atoms with van der Waals surface area (Å²) in [5.41, 5.74) is 8.66. The third-order valence-corrected chi connectivity index (χ3v) is 2.65. The molecule has 0 fully saturated rings. The van der Waals surface area contributed by atoms with E-state index in [1.54, 1.807) is 12.5 Å². The Morgan fingerprint density at radius 2 is 2.12 bits per heavy atom. The summed E-state index contributed by atoms with van der Waals surface area (Å²) >= 11 is 0. The number of rotatable bonds is 3. The second-order valence-corrected chi connectivity index (χ2v) is 4.04. The summed E-state index contributed by atoms with van der Waals surface area (Å²) in [6.45, 7) is 2.66. The first-order chi connectivity index (χ1) is 8.20. The van der Waals surface area contributed by atoms with Gasteiger partial charge in [-0.1, -0.05) is 12.1 Å². The van der Waals surface area contributed by atoms with Gasteiger partial charge in [0.15, 0.2) is 0 Å². The molecule has 0 aliphatic rings. The fourth-order valence-electron chi connectivity index (χ4n) is 1.72. The predicted molar refractivity (Wildman–Crippen MR) is 65.1 cm³/mol. The van der Waals surface area contributed by atoms with Gasteiger partial charge in [-0.2, -0.15) is 5.26 Å². The van der Waals surface area contributed by atoms with E-state index in [2.05, 4.69) is 11.1 Å². The molecular formula is C13H14N4. The minimum atomic E-state index is -0.0316. The molecule has 1 heterocycles. The van der Waals surface area contributed by atoms with Crippen LogP contribution >= 0.6 is 0 Å². The largest absolute Gasteiger partial charge is 0.329 e. The molecule has 0 aliphatic heterocycles. The Labute approximate surface area is 100 Å². The molecule has 2 N–H and O–H groups in total. The summed E-state index contributed by atoms with van der Waals surface area (Å²) in [5, 5.41) is 8.72. The quantitative estimate of drug-likeness (QED) is 0.868. The highest BCUT2D eigenvalue weighted by Crippen LogP contribution is 2.12. The average molecular weight is 226 g/mol. The smallest absolute Gasteiger partial charge is 0.0991 e. The van der Waals surface area contributed by atoms with Gasteiger partial charge in [0.2, 0.25) is 0 Å². The highest BCUT2D eigenvalue weighted by Gasteiger charge is 2.06. The van der Waals surface area contributed by atoms with Crippen LogP contribution < -0.4 is 5.73 Å². The number of benzene rings is 1. The molecule has 4 nitrogen and oxygen atoms in total. The van der Waals surface area contributed by atoms with Crippen molar-refractivity contribution in [1.82, 2.24) is 9.55 Å². The van der Waals surface area contributed by atoms with Gasteiger partial charge in [0.25, 0.3) is 0 Å². The monoisotopic (exact) mass is 226 g/mol. The topological polar surface area (TPSA) is 67.6 Å². The number of nitrogens with zero attached hydrogens (tertiary/aromatic N) is 3. The molecular weight excluding hydrogens is 212 g/mol. The molecule has 0 radical (unpaired) electrons. The standard InChI is InChI=1S/C13H14N4/c1-10(15)13-7-16-9-17(13)8-12-4-2-11(6-14)3-5-12/h2-5,7,9-10H,8,15H2,1H3. The molecule has 0 saturated heterocycles. The van der Waals surface area contributed by atoms with E-state index in [0.717, 1.165) is 17.8 Å². The van der Waals surface area contributed by atoms with Crippen molar-refractivity contribution in [2.24, 2.45) is 5.73 Å². The zero-order chi connectivity index (χ0) is 12.3. The number of imidazole rings is 1. The van der Waals surface area contributed by atoms with Gasteiger partial charge >= 0.3 is 0 Å². The lowest BCUT2D eigenvalue weighted by molar-refractivity contribution is 0.674. The Morgan fingerprint density at radius 3 is 2.71 bits per heavy atom. The van der Waals surface area contributed by atoms with E-state index in [0.29, 0.717) is 5.56 Å². The number of hydrogen-bond acceptors (Lipinski definition) is 3. The fraction of sp³-hybridized carbons (Fsp3) is 0.231. The van der Waals surface area contributed by atoms with Crippen LogP contribution in [0.2, 0.25) is 0 Å². The van der Waals surface area contributed by atoms with Gasteiger partial charge in [-0.25, -0.2) is 4.98 Å². The van der Waals surface area contributed by atoms with E-state index < -0.39 is 0 Å². The van der Waals surface area contributed by atoms with E-state index in [1.807, 2.05) is 35.8 Å². The predicted octanol–water partition coefficient (Wildman–Crippen LogP) is 1.82. The maximum Gasteiger partial charge on any atom is 0.0991 e. The molecule has 1 unspecified atom stereocenters. The van der Waals surface area contributed by atoms with Crippen molar-refractivity contribution in [2.45, 2.75) is 19.5 Å². The maximum absolute atomic E-state index is 8.72. The summed E-state index contributed by atoms with van der Waals surface area (Å²) in [4.78, 5) is 4.10. The van der Waals surface area contributed by atoms with Crippen molar-refractivity contribution in [3.8, 4) is 6.07 Å². The van der Waals surface area contributed by atoms with Gasteiger partial charge in [0, 0.05) is 18.8 Å². The van der Waals surface area contributed by atoms with Crippen LogP contribution in [0.5, 0.6) is 0 Å². The highest BCUT2D eigenvalue weighted by molar-refractivity contribution is 5.31. The first-order valence-corrected chi connectivity index (χ1v) is 5.45. The van der Waals surface area contributed by atoms with Crippen LogP contribution in [0, 0.1) is 11.3 Å². The third kappa shape index (κ3) is 2.52. The lowest BCUT2D eigenvalue weighted by atomic mass is 10.1. The maximum atomic E-state index is 8.72. The van der Waals surface area contributed by atoms with Crippen LogP contribution in [-0.4, -0.2) is 9.55 Å². The van der Waals surface area contributed by atoms with Crippen LogP contribution in [0.25, 0.3) is 0 Å². The zero-order valence-electron chi connectivity index (χ0n) is 9.67. The number of nitriles is 1. The molecule has 0 amide bonds. The molecule has 0 spiro atoms. The molecule has 1 aromatic carbocycles. The molecule has 0 saturated carbocycles. The molecule has 1 atom stereocenters. The summed E-state index contributed by atoms with van der Waals surface area (Å²) < 4.78 is 2.02. The molecule has 0 aliphatic carbocycles. The summed E-state index contributed by atoms with van der Waals surface area (Å²) in [5.74, 6) is 0. The Morgan fingerprint density at radius 1 is 1.41 bits per heavy atom. The van der Waals surface area contributed by atoms with Gasteiger partial charge in [0.1, 0.15) is 0 Å².